The summed E-state index contributed by atoms with van der Waals surface area (Å²) in [6, 6.07) is 1.44. The second kappa shape index (κ2) is 6.39. The van der Waals surface area contributed by atoms with Crippen molar-refractivity contribution in [2.75, 3.05) is 26.7 Å². The summed E-state index contributed by atoms with van der Waals surface area (Å²) in [7, 11) is 2.22. The summed E-state index contributed by atoms with van der Waals surface area (Å²) in [5, 5.41) is 0. The van der Waals surface area contributed by atoms with E-state index >= 15 is 0 Å². The molecule has 0 radical (unpaired) electrons. The van der Waals surface area contributed by atoms with Gasteiger partial charge in [0.2, 0.25) is 0 Å². The third-order valence-electron chi connectivity index (χ3n) is 2.88. The fourth-order valence-corrected chi connectivity index (χ4v) is 1.77. The molecule has 1 rings (SSSR count). The minimum absolute atomic E-state index is 0.721. The third kappa shape index (κ3) is 3.65. The van der Waals surface area contributed by atoms with E-state index in [-0.39, 0.29) is 0 Å². The van der Waals surface area contributed by atoms with Gasteiger partial charge < -0.3 is 4.90 Å². The van der Waals surface area contributed by atoms with E-state index in [1.807, 2.05) is 13.8 Å². The first-order valence-corrected chi connectivity index (χ1v) is 5.59. The van der Waals surface area contributed by atoms with Gasteiger partial charge in [0.15, 0.2) is 0 Å². The van der Waals surface area contributed by atoms with Crippen LogP contribution < -0.4 is 0 Å². The highest BCUT2D eigenvalue weighted by molar-refractivity contribution is 4.81. The Kier molecular flexibility index (Phi) is 6.35. The zero-order valence-corrected chi connectivity index (χ0v) is 10.2. The van der Waals surface area contributed by atoms with Crippen molar-refractivity contribution in [3.05, 3.63) is 0 Å². The Bertz CT molecular complexity index is 113. The predicted octanol–water partition coefficient (Wildman–Crippen LogP) is 2.06. The van der Waals surface area contributed by atoms with Gasteiger partial charge in [-0.05, 0) is 27.4 Å². The molecule has 0 aromatic carbocycles. The van der Waals surface area contributed by atoms with Crippen molar-refractivity contribution in [1.82, 2.24) is 9.80 Å². The maximum atomic E-state index is 2.52. The van der Waals surface area contributed by atoms with Crippen LogP contribution in [0.1, 0.15) is 34.6 Å². The molecule has 1 saturated heterocycles. The lowest BCUT2D eigenvalue weighted by atomic mass is 10.1. The molecular formula is C11H26N2. The van der Waals surface area contributed by atoms with Crippen LogP contribution in [-0.2, 0) is 0 Å². The number of likely N-dealkylation sites (N-methyl/N-ethyl adjacent to an activating group) is 2. The summed E-state index contributed by atoms with van der Waals surface area (Å²) >= 11 is 0. The fourth-order valence-electron chi connectivity index (χ4n) is 1.77. The molecule has 1 aliphatic heterocycles. The minimum Gasteiger partial charge on any atom is -0.301 e. The predicted molar refractivity (Wildman–Crippen MR) is 60.1 cm³/mol. The van der Waals surface area contributed by atoms with Gasteiger partial charge in [-0.15, -0.1) is 0 Å². The Labute approximate surface area is 83.9 Å². The molecule has 0 amide bonds. The van der Waals surface area contributed by atoms with Crippen LogP contribution >= 0.6 is 0 Å². The van der Waals surface area contributed by atoms with E-state index in [0.717, 1.165) is 12.1 Å². The average Bonchev–Trinajstić information content (AvgIpc) is 2.16. The van der Waals surface area contributed by atoms with E-state index < -0.39 is 0 Å². The standard InChI is InChI=1S/C9H20N2.C2H6/c1-5-11-6-8(2)10(4)9(3)7-11;1-2/h8-9H,5-7H2,1-4H3;1-2H3/t8-,9-;/m0./s1. The number of hydrogen-bond donors (Lipinski definition) is 0. The molecule has 0 saturated carbocycles. The highest BCUT2D eigenvalue weighted by atomic mass is 15.3. The van der Waals surface area contributed by atoms with Gasteiger partial charge in [0.05, 0.1) is 0 Å². The van der Waals surface area contributed by atoms with Crippen molar-refractivity contribution in [3.63, 3.8) is 0 Å². The number of hydrogen-bond acceptors (Lipinski definition) is 2. The van der Waals surface area contributed by atoms with Gasteiger partial charge in [0.1, 0.15) is 0 Å². The van der Waals surface area contributed by atoms with E-state index in [1.54, 1.807) is 0 Å². The maximum absolute atomic E-state index is 2.52. The number of nitrogens with zero attached hydrogens (tertiary/aromatic N) is 2. The van der Waals surface area contributed by atoms with E-state index in [9.17, 15) is 0 Å². The number of piperazine rings is 1. The van der Waals surface area contributed by atoms with E-state index in [1.165, 1.54) is 19.6 Å². The zero-order valence-electron chi connectivity index (χ0n) is 10.2. The molecule has 1 fully saturated rings. The molecule has 1 aliphatic rings. The molecule has 0 unspecified atom stereocenters. The van der Waals surface area contributed by atoms with E-state index in [4.69, 9.17) is 0 Å². The summed E-state index contributed by atoms with van der Waals surface area (Å²) in [4.78, 5) is 4.99. The molecule has 0 aromatic rings. The molecule has 0 aromatic heterocycles. The van der Waals surface area contributed by atoms with Gasteiger partial charge in [-0.25, -0.2) is 0 Å². The molecule has 1 heterocycles. The Morgan fingerprint density at radius 2 is 1.46 bits per heavy atom. The highest BCUT2D eigenvalue weighted by Gasteiger charge is 2.24. The molecule has 0 N–H and O–H groups in total. The first-order chi connectivity index (χ1) is 6.15. The van der Waals surface area contributed by atoms with Crippen molar-refractivity contribution in [2.24, 2.45) is 0 Å². The Balaban J connectivity index is 0.000000671. The van der Waals surface area contributed by atoms with Gasteiger partial charge in [-0.1, -0.05) is 20.8 Å². The van der Waals surface area contributed by atoms with Crippen LogP contribution in [0, 0.1) is 0 Å². The lowest BCUT2D eigenvalue weighted by molar-refractivity contribution is 0.0635. The first kappa shape index (κ1) is 12.9. The topological polar surface area (TPSA) is 6.48 Å². The molecule has 80 valence electrons. The molecule has 2 heteroatoms. The summed E-state index contributed by atoms with van der Waals surface area (Å²) in [6.07, 6.45) is 0. The quantitative estimate of drug-likeness (QED) is 0.618. The van der Waals surface area contributed by atoms with E-state index in [0.29, 0.717) is 0 Å². The van der Waals surface area contributed by atoms with Crippen molar-refractivity contribution >= 4 is 0 Å². The Hall–Kier alpha value is -0.0800. The van der Waals surface area contributed by atoms with Gasteiger partial charge in [0, 0.05) is 25.2 Å². The van der Waals surface area contributed by atoms with Crippen molar-refractivity contribution in [3.8, 4) is 0 Å². The summed E-state index contributed by atoms with van der Waals surface area (Å²) in [5.41, 5.74) is 0. The minimum atomic E-state index is 0.721. The molecule has 13 heavy (non-hydrogen) atoms. The normalized spacial score (nSPS) is 30.9. The average molecular weight is 186 g/mol. The zero-order chi connectivity index (χ0) is 10.4. The molecule has 0 bridgehead atoms. The molecule has 2 nitrogen and oxygen atoms in total. The molecular weight excluding hydrogens is 160 g/mol. The van der Waals surface area contributed by atoms with Crippen molar-refractivity contribution in [1.29, 1.82) is 0 Å². The van der Waals surface area contributed by atoms with Gasteiger partial charge in [-0.3, -0.25) is 4.90 Å². The lowest BCUT2D eigenvalue weighted by Crippen LogP contribution is -2.54. The summed E-state index contributed by atoms with van der Waals surface area (Å²) in [5.74, 6) is 0. The second-order valence-corrected chi connectivity index (χ2v) is 3.72. The Morgan fingerprint density at radius 3 is 1.77 bits per heavy atom. The first-order valence-electron chi connectivity index (χ1n) is 5.59. The SMILES string of the molecule is CC.CCN1C[C@H](C)N(C)[C@@H](C)C1. The third-order valence-corrected chi connectivity index (χ3v) is 2.88. The summed E-state index contributed by atoms with van der Waals surface area (Å²) in [6.45, 7) is 14.5. The smallest absolute Gasteiger partial charge is 0.0195 e. The van der Waals surface area contributed by atoms with Crippen LogP contribution in [-0.4, -0.2) is 48.6 Å². The van der Waals surface area contributed by atoms with Crippen molar-refractivity contribution < 1.29 is 0 Å². The fraction of sp³-hybridized carbons (Fsp3) is 1.00. The largest absolute Gasteiger partial charge is 0.301 e. The van der Waals surface area contributed by atoms with Crippen LogP contribution in [0.5, 0.6) is 0 Å². The van der Waals surface area contributed by atoms with Crippen LogP contribution in [0.4, 0.5) is 0 Å². The monoisotopic (exact) mass is 186 g/mol. The highest BCUT2D eigenvalue weighted by Crippen LogP contribution is 2.12. The van der Waals surface area contributed by atoms with Gasteiger partial charge >= 0.3 is 0 Å². The van der Waals surface area contributed by atoms with Crippen LogP contribution in [0.3, 0.4) is 0 Å². The van der Waals surface area contributed by atoms with E-state index in [2.05, 4.69) is 37.6 Å². The summed E-state index contributed by atoms with van der Waals surface area (Å²) < 4.78 is 0. The lowest BCUT2D eigenvalue weighted by Gasteiger charge is -2.42. The van der Waals surface area contributed by atoms with Gasteiger partial charge in [0.25, 0.3) is 0 Å². The molecule has 0 aliphatic carbocycles. The molecule has 0 spiro atoms. The van der Waals surface area contributed by atoms with Crippen molar-refractivity contribution in [2.45, 2.75) is 46.7 Å². The van der Waals surface area contributed by atoms with Crippen LogP contribution in [0.15, 0.2) is 0 Å². The Morgan fingerprint density at radius 1 is 1.08 bits per heavy atom. The van der Waals surface area contributed by atoms with Crippen LogP contribution in [0.25, 0.3) is 0 Å². The molecule has 2 atom stereocenters. The second-order valence-electron chi connectivity index (χ2n) is 3.72. The van der Waals surface area contributed by atoms with Crippen LogP contribution in [0.2, 0.25) is 0 Å². The maximum Gasteiger partial charge on any atom is 0.0195 e. The van der Waals surface area contributed by atoms with Gasteiger partial charge in [-0.2, -0.15) is 0 Å². The number of rotatable bonds is 1.